The van der Waals surface area contributed by atoms with Crippen molar-refractivity contribution in [1.82, 2.24) is 4.57 Å². The van der Waals surface area contributed by atoms with E-state index in [-0.39, 0.29) is 5.69 Å². The zero-order valence-corrected chi connectivity index (χ0v) is 11.3. The van der Waals surface area contributed by atoms with E-state index in [0.29, 0.717) is 5.02 Å². The van der Waals surface area contributed by atoms with Crippen LogP contribution in [0.25, 0.3) is 5.69 Å². The van der Waals surface area contributed by atoms with Crippen molar-refractivity contribution < 1.29 is 9.90 Å². The highest BCUT2D eigenvalue weighted by molar-refractivity contribution is 9.10. The summed E-state index contributed by atoms with van der Waals surface area (Å²) in [5.74, 6) is -0.968. The predicted octanol–water partition coefficient (Wildman–Crippen LogP) is 3.90. The van der Waals surface area contributed by atoms with Gasteiger partial charge in [-0.15, -0.1) is 0 Å². The topological polar surface area (TPSA) is 42.2 Å². The van der Waals surface area contributed by atoms with Gasteiger partial charge in [0.2, 0.25) is 0 Å². The van der Waals surface area contributed by atoms with Gasteiger partial charge in [0.25, 0.3) is 0 Å². The van der Waals surface area contributed by atoms with E-state index in [9.17, 15) is 4.79 Å². The number of hydrogen-bond acceptors (Lipinski definition) is 1. The van der Waals surface area contributed by atoms with E-state index in [1.54, 1.807) is 35.0 Å². The lowest BCUT2D eigenvalue weighted by atomic mass is 10.2. The average molecular weight is 315 g/mol. The highest BCUT2D eigenvalue weighted by Gasteiger charge is 2.14. The first-order valence-corrected chi connectivity index (χ1v) is 6.04. The van der Waals surface area contributed by atoms with Crippen LogP contribution >= 0.6 is 27.5 Å². The average Bonchev–Trinajstić information content (AvgIpc) is 2.60. The predicted molar refractivity (Wildman–Crippen MR) is 70.2 cm³/mol. The van der Waals surface area contributed by atoms with Gasteiger partial charge >= 0.3 is 5.97 Å². The molecule has 0 bridgehead atoms. The number of aromatic carboxylic acids is 1. The molecule has 0 aliphatic heterocycles. The third-order valence-corrected chi connectivity index (χ3v) is 3.09. The summed E-state index contributed by atoms with van der Waals surface area (Å²) in [4.78, 5) is 11.1. The van der Waals surface area contributed by atoms with Crippen molar-refractivity contribution in [3.63, 3.8) is 0 Å². The molecule has 0 saturated heterocycles. The summed E-state index contributed by atoms with van der Waals surface area (Å²) in [5.41, 5.74) is 1.93. The monoisotopic (exact) mass is 313 g/mol. The molecule has 0 spiro atoms. The first-order chi connectivity index (χ1) is 7.99. The maximum absolute atomic E-state index is 11.1. The molecule has 88 valence electrons. The first-order valence-electron chi connectivity index (χ1n) is 4.87. The fourth-order valence-electron chi connectivity index (χ4n) is 1.68. The summed E-state index contributed by atoms with van der Waals surface area (Å²) < 4.78 is 2.35. The van der Waals surface area contributed by atoms with Gasteiger partial charge in [0.15, 0.2) is 0 Å². The summed E-state index contributed by atoms with van der Waals surface area (Å²) in [7, 11) is 0. The maximum atomic E-state index is 11.1. The van der Waals surface area contributed by atoms with Gasteiger partial charge in [-0.3, -0.25) is 0 Å². The van der Waals surface area contributed by atoms with E-state index in [1.165, 1.54) is 0 Å². The molecular weight excluding hydrogens is 305 g/mol. The van der Waals surface area contributed by atoms with Gasteiger partial charge in [0, 0.05) is 21.4 Å². The van der Waals surface area contributed by atoms with Crippen LogP contribution in [0.1, 0.15) is 16.1 Å². The minimum absolute atomic E-state index is 0.210. The summed E-state index contributed by atoms with van der Waals surface area (Å²) in [6, 6.07) is 6.91. The minimum Gasteiger partial charge on any atom is -0.477 e. The Kier molecular flexibility index (Phi) is 3.26. The van der Waals surface area contributed by atoms with Gasteiger partial charge < -0.3 is 9.67 Å². The molecule has 1 heterocycles. The Hall–Kier alpha value is -1.26. The molecule has 0 aliphatic carbocycles. The van der Waals surface area contributed by atoms with E-state index in [2.05, 4.69) is 15.9 Å². The van der Waals surface area contributed by atoms with Crippen LogP contribution in [0.3, 0.4) is 0 Å². The Bertz CT molecular complexity index is 592. The number of carbonyl (C=O) groups is 1. The van der Waals surface area contributed by atoms with Crippen LogP contribution in [0.4, 0.5) is 0 Å². The quantitative estimate of drug-likeness (QED) is 0.913. The van der Waals surface area contributed by atoms with Crippen LogP contribution < -0.4 is 0 Å². The second-order valence-electron chi connectivity index (χ2n) is 3.65. The van der Waals surface area contributed by atoms with Crippen molar-refractivity contribution in [2.24, 2.45) is 0 Å². The lowest BCUT2D eigenvalue weighted by molar-refractivity contribution is 0.0688. The Morgan fingerprint density at radius 2 is 2.12 bits per heavy atom. The lowest BCUT2D eigenvalue weighted by Crippen LogP contribution is -2.06. The number of carboxylic acids is 1. The van der Waals surface area contributed by atoms with Crippen molar-refractivity contribution in [3.8, 4) is 5.69 Å². The van der Waals surface area contributed by atoms with Crippen LogP contribution in [-0.4, -0.2) is 15.6 Å². The molecule has 5 heteroatoms. The number of nitrogens with zero attached hydrogens (tertiary/aromatic N) is 1. The van der Waals surface area contributed by atoms with Crippen LogP contribution in [0.15, 0.2) is 34.9 Å². The highest BCUT2D eigenvalue weighted by Crippen LogP contribution is 2.24. The van der Waals surface area contributed by atoms with E-state index in [1.807, 2.05) is 6.92 Å². The molecule has 0 saturated carbocycles. The SMILES string of the molecule is Cc1cc(Cl)ccc1-n1cc(Br)cc1C(=O)O. The van der Waals surface area contributed by atoms with Crippen molar-refractivity contribution >= 4 is 33.5 Å². The molecule has 1 aromatic carbocycles. The third-order valence-electron chi connectivity index (χ3n) is 2.42. The van der Waals surface area contributed by atoms with Gasteiger partial charge in [-0.25, -0.2) is 4.79 Å². The zero-order chi connectivity index (χ0) is 12.6. The van der Waals surface area contributed by atoms with E-state index in [4.69, 9.17) is 16.7 Å². The molecule has 2 rings (SSSR count). The van der Waals surface area contributed by atoms with E-state index in [0.717, 1.165) is 15.7 Å². The van der Waals surface area contributed by atoms with Crippen LogP contribution in [-0.2, 0) is 0 Å². The Morgan fingerprint density at radius 1 is 1.41 bits per heavy atom. The van der Waals surface area contributed by atoms with Crippen molar-refractivity contribution in [1.29, 1.82) is 0 Å². The number of carboxylic acid groups (broad SMARTS) is 1. The van der Waals surface area contributed by atoms with Crippen molar-refractivity contribution in [2.75, 3.05) is 0 Å². The minimum atomic E-state index is -0.968. The molecular formula is C12H9BrClNO2. The number of rotatable bonds is 2. The summed E-state index contributed by atoms with van der Waals surface area (Å²) in [5, 5.41) is 9.75. The molecule has 0 fully saturated rings. The number of benzene rings is 1. The molecule has 0 atom stereocenters. The van der Waals surface area contributed by atoms with E-state index < -0.39 is 5.97 Å². The highest BCUT2D eigenvalue weighted by atomic mass is 79.9. The molecule has 1 aromatic heterocycles. The van der Waals surface area contributed by atoms with Gasteiger partial charge in [-0.2, -0.15) is 0 Å². The zero-order valence-electron chi connectivity index (χ0n) is 8.95. The van der Waals surface area contributed by atoms with Crippen LogP contribution in [0, 0.1) is 6.92 Å². The molecule has 1 N–H and O–H groups in total. The van der Waals surface area contributed by atoms with Crippen molar-refractivity contribution in [3.05, 3.63) is 51.2 Å². The fourth-order valence-corrected chi connectivity index (χ4v) is 2.33. The molecule has 0 amide bonds. The van der Waals surface area contributed by atoms with E-state index >= 15 is 0 Å². The standard InChI is InChI=1S/C12H9BrClNO2/c1-7-4-9(14)2-3-10(7)15-6-8(13)5-11(15)12(16)17/h2-6H,1H3,(H,16,17). The fraction of sp³-hybridized carbons (Fsp3) is 0.0833. The Balaban J connectivity index is 2.63. The normalized spacial score (nSPS) is 10.5. The first kappa shape index (κ1) is 12.2. The Labute approximate surface area is 112 Å². The molecule has 0 unspecified atom stereocenters. The second kappa shape index (κ2) is 4.55. The molecule has 0 aliphatic rings. The maximum Gasteiger partial charge on any atom is 0.352 e. The van der Waals surface area contributed by atoms with Gasteiger partial charge in [0.05, 0.1) is 0 Å². The van der Waals surface area contributed by atoms with Crippen molar-refractivity contribution in [2.45, 2.75) is 6.92 Å². The smallest absolute Gasteiger partial charge is 0.352 e. The number of aromatic nitrogens is 1. The molecule has 3 nitrogen and oxygen atoms in total. The molecule has 2 aromatic rings. The number of halogens is 2. The van der Waals surface area contributed by atoms with Crippen LogP contribution in [0.5, 0.6) is 0 Å². The molecule has 0 radical (unpaired) electrons. The number of hydrogen-bond donors (Lipinski definition) is 1. The largest absolute Gasteiger partial charge is 0.477 e. The number of aryl methyl sites for hydroxylation is 1. The third kappa shape index (κ3) is 2.37. The second-order valence-corrected chi connectivity index (χ2v) is 5.00. The Morgan fingerprint density at radius 3 is 2.71 bits per heavy atom. The van der Waals surface area contributed by atoms with Gasteiger partial charge in [0.1, 0.15) is 5.69 Å². The summed E-state index contributed by atoms with van der Waals surface area (Å²) in [6.07, 6.45) is 1.72. The summed E-state index contributed by atoms with van der Waals surface area (Å²) in [6.45, 7) is 1.89. The van der Waals surface area contributed by atoms with Gasteiger partial charge in [-0.1, -0.05) is 11.6 Å². The lowest BCUT2D eigenvalue weighted by Gasteiger charge is -2.09. The molecule has 17 heavy (non-hydrogen) atoms. The van der Waals surface area contributed by atoms with Crippen LogP contribution in [0.2, 0.25) is 5.02 Å². The summed E-state index contributed by atoms with van der Waals surface area (Å²) >= 11 is 9.15. The van der Waals surface area contributed by atoms with Gasteiger partial charge in [-0.05, 0) is 52.7 Å².